The van der Waals surface area contributed by atoms with Gasteiger partial charge in [-0.2, -0.15) is 0 Å². The van der Waals surface area contributed by atoms with Gasteiger partial charge in [0.15, 0.2) is 35.7 Å². The normalized spacial score (nSPS) is 29.8. The number of rotatable bonds is 10. The summed E-state index contributed by atoms with van der Waals surface area (Å²) in [5.74, 6) is -7.55. The second-order valence-electron chi connectivity index (χ2n) is 20.3. The van der Waals surface area contributed by atoms with E-state index in [1.165, 1.54) is 50.6 Å². The second kappa shape index (κ2) is 20.8. The van der Waals surface area contributed by atoms with Crippen molar-refractivity contribution < 1.29 is 108 Å². The smallest absolute Gasteiger partial charge is 0.202 e. The summed E-state index contributed by atoms with van der Waals surface area (Å²) in [7, 11) is 2.64. The van der Waals surface area contributed by atoms with E-state index in [9.17, 15) is 79.8 Å². The Bertz CT molecular complexity index is 2960. The standard InChI is InChI=1S/2C27H29NO11/c2*1-10-22(31)13(28)6-17(38-10)39-15-8-27(36,16(30)9-29)7-12-19(15)26(35)21-20(24(12)33)23(32)11-4-3-5-14(37-2)18(11)25(21)34/h2*3-5,10,13,15,17,22,29,31,33,35-36H,6-9,28H2,1-2H3/t2*10-,13-,15-,17-,22+,27-/m00/s1. The number of ketones is 6. The number of phenols is 4. The van der Waals surface area contributed by atoms with Crippen LogP contribution in [-0.2, 0) is 41.4 Å². The van der Waals surface area contributed by atoms with Gasteiger partial charge >= 0.3 is 0 Å². The zero-order valence-electron chi connectivity index (χ0n) is 42.4. The summed E-state index contributed by atoms with van der Waals surface area (Å²) >= 11 is 0. The number of fused-ring (bicyclic) bond motifs is 6. The second-order valence-corrected chi connectivity index (χ2v) is 20.3. The first-order valence-electron chi connectivity index (χ1n) is 24.8. The zero-order valence-corrected chi connectivity index (χ0v) is 42.4. The summed E-state index contributed by atoms with van der Waals surface area (Å²) in [6, 6.07) is 7.27. The molecule has 12 atom stereocenters. The van der Waals surface area contributed by atoms with E-state index in [0.29, 0.717) is 0 Å². The Balaban J connectivity index is 0.000000190. The summed E-state index contributed by atoms with van der Waals surface area (Å²) in [4.78, 5) is 79.5. The van der Waals surface area contributed by atoms with Crippen molar-refractivity contribution in [3.05, 3.63) is 103 Å². The Morgan fingerprint density at radius 1 is 0.577 bits per heavy atom. The number of nitrogens with two attached hydrogens (primary N) is 2. The molecule has 4 aliphatic carbocycles. The Labute approximate surface area is 443 Å². The first-order chi connectivity index (χ1) is 36.9. The Kier molecular flexibility index (Phi) is 14.9. The van der Waals surface area contributed by atoms with Crippen LogP contribution in [0.25, 0.3) is 0 Å². The molecule has 0 spiro atoms. The number of aliphatic hydroxyl groups is 6. The molecule has 0 unspecified atom stereocenters. The molecule has 4 aromatic rings. The van der Waals surface area contributed by atoms with Gasteiger partial charge in [0.05, 0.1) is 84.2 Å². The maximum Gasteiger partial charge on any atom is 0.202 e. The number of benzene rings is 4. The number of carbonyl (C=O) groups excluding carboxylic acids is 6. The molecule has 0 bridgehead atoms. The molecule has 2 aliphatic heterocycles. The van der Waals surface area contributed by atoms with Crippen molar-refractivity contribution >= 4 is 34.7 Å². The number of Topliss-reactive ketones (excluding diaryl/α,β-unsaturated/α-hetero) is 2. The van der Waals surface area contributed by atoms with Crippen molar-refractivity contribution in [2.45, 2.75) is 125 Å². The van der Waals surface area contributed by atoms with Crippen molar-refractivity contribution in [2.75, 3.05) is 27.4 Å². The zero-order chi connectivity index (χ0) is 56.8. The van der Waals surface area contributed by atoms with Crippen LogP contribution in [0.2, 0.25) is 0 Å². The Hall–Kier alpha value is -6.78. The summed E-state index contributed by atoms with van der Waals surface area (Å²) in [6.45, 7) is 1.12. The highest BCUT2D eigenvalue weighted by Crippen LogP contribution is 2.55. The molecule has 2 saturated heterocycles. The van der Waals surface area contributed by atoms with Crippen LogP contribution in [0.3, 0.4) is 0 Å². The average molecular weight is 1090 g/mol. The third-order valence-electron chi connectivity index (χ3n) is 15.6. The molecular weight excluding hydrogens is 1030 g/mol. The van der Waals surface area contributed by atoms with Crippen molar-refractivity contribution in [3.8, 4) is 34.5 Å². The molecule has 14 N–H and O–H groups in total. The fraction of sp³-hybridized carbons (Fsp3) is 0.444. The van der Waals surface area contributed by atoms with Crippen molar-refractivity contribution in [1.82, 2.24) is 0 Å². The number of carbonyl (C=O) groups is 6. The lowest BCUT2D eigenvalue weighted by Crippen LogP contribution is -2.53. The number of hydrogen-bond donors (Lipinski definition) is 12. The van der Waals surface area contributed by atoms with Gasteiger partial charge in [0.1, 0.15) is 58.9 Å². The molecule has 6 aliphatic rings. The minimum atomic E-state index is -2.24. The van der Waals surface area contributed by atoms with Gasteiger partial charge in [0.25, 0.3) is 0 Å². The molecule has 0 saturated carbocycles. The molecule has 24 heteroatoms. The van der Waals surface area contributed by atoms with Gasteiger partial charge in [0.2, 0.25) is 11.6 Å². The van der Waals surface area contributed by atoms with E-state index in [1.807, 2.05) is 0 Å². The van der Waals surface area contributed by atoms with Crippen molar-refractivity contribution in [2.24, 2.45) is 11.5 Å². The average Bonchev–Trinajstić information content (AvgIpc) is 3.59. The molecule has 2 heterocycles. The Morgan fingerprint density at radius 2 is 0.923 bits per heavy atom. The lowest BCUT2D eigenvalue weighted by Gasteiger charge is -2.42. The Morgan fingerprint density at radius 3 is 1.24 bits per heavy atom. The molecule has 78 heavy (non-hydrogen) atoms. The van der Waals surface area contributed by atoms with Gasteiger partial charge in [-0.1, -0.05) is 24.3 Å². The van der Waals surface area contributed by atoms with Gasteiger partial charge < -0.3 is 91.0 Å². The molecule has 416 valence electrons. The molecule has 2 fully saturated rings. The molecule has 0 aromatic heterocycles. The number of ether oxygens (including phenoxy) is 6. The van der Waals surface area contributed by atoms with E-state index in [1.54, 1.807) is 13.8 Å². The molecular formula is C54H58N2O22. The van der Waals surface area contributed by atoms with Gasteiger partial charge in [-0.3, -0.25) is 28.8 Å². The lowest BCUT2D eigenvalue weighted by atomic mass is 9.72. The van der Waals surface area contributed by atoms with Gasteiger partial charge in [0, 0.05) is 84.0 Å². The van der Waals surface area contributed by atoms with Crippen molar-refractivity contribution in [1.29, 1.82) is 0 Å². The minimum absolute atomic E-state index is 0.0173. The van der Waals surface area contributed by atoms with E-state index in [2.05, 4.69) is 0 Å². The van der Waals surface area contributed by atoms with E-state index < -0.39 is 191 Å². The molecule has 10 rings (SSSR count). The number of phenolic OH excluding ortho intramolecular Hbond substituents is 4. The minimum Gasteiger partial charge on any atom is -0.507 e. The van der Waals surface area contributed by atoms with E-state index in [-0.39, 0.29) is 68.8 Å². The number of aliphatic hydroxyl groups excluding tert-OH is 4. The summed E-state index contributed by atoms with van der Waals surface area (Å²) < 4.78 is 34.0. The monoisotopic (exact) mass is 1090 g/mol. The molecule has 4 aromatic carbocycles. The lowest BCUT2D eigenvalue weighted by molar-refractivity contribution is -0.247. The van der Waals surface area contributed by atoms with Crippen LogP contribution in [-0.4, -0.2) is 173 Å². The van der Waals surface area contributed by atoms with Crippen LogP contribution in [0.4, 0.5) is 0 Å². The SMILES string of the molecule is COc1cccc2c1C(=O)c1c(O)c3c(c(O)c1C2=O)C[C@@](O)(C(=O)CO)C[C@@H]3O[C@H]1C[C@H](N)[C@H](O)[C@H](C)O1.COc1cccc2c1C(=O)c1c(O)c3c(c(O)c1C2=O)C[C@@](O)(C(=O)CO)C[C@@H]3O[C@H]1C[C@H](N)[C@H](O)[C@H](C)O1. The van der Waals surface area contributed by atoms with Crippen LogP contribution < -0.4 is 20.9 Å². The molecule has 0 amide bonds. The quantitative estimate of drug-likeness (QED) is 0.0804. The number of aromatic hydroxyl groups is 4. The fourth-order valence-corrected chi connectivity index (χ4v) is 11.5. The predicted octanol–water partition coefficient (Wildman–Crippen LogP) is 0.00260. The fourth-order valence-electron chi connectivity index (χ4n) is 11.5. The van der Waals surface area contributed by atoms with Crippen LogP contribution in [0.5, 0.6) is 34.5 Å². The highest BCUT2D eigenvalue weighted by Gasteiger charge is 2.52. The summed E-state index contributed by atoms with van der Waals surface area (Å²) in [6.07, 6.45) is -10.2. The number of methoxy groups -OCH3 is 2. The highest BCUT2D eigenvalue weighted by atomic mass is 16.7. The summed E-state index contributed by atoms with van der Waals surface area (Å²) in [5.41, 5.74) is 4.75. The van der Waals surface area contributed by atoms with Gasteiger partial charge in [-0.15, -0.1) is 0 Å². The molecule has 24 nitrogen and oxygen atoms in total. The highest BCUT2D eigenvalue weighted by molar-refractivity contribution is 6.32. The maximum atomic E-state index is 13.6. The maximum absolute atomic E-state index is 13.6. The predicted molar refractivity (Wildman–Crippen MR) is 264 cm³/mol. The van der Waals surface area contributed by atoms with Gasteiger partial charge in [-0.05, 0) is 26.0 Å². The van der Waals surface area contributed by atoms with Crippen molar-refractivity contribution in [3.63, 3.8) is 0 Å². The first kappa shape index (κ1) is 56.0. The van der Waals surface area contributed by atoms with E-state index in [4.69, 9.17) is 39.9 Å². The summed E-state index contributed by atoms with van der Waals surface area (Å²) in [5, 5.41) is 107. The topological polar surface area (TPSA) is 412 Å². The molecule has 0 radical (unpaired) electrons. The van der Waals surface area contributed by atoms with Crippen LogP contribution in [0, 0.1) is 0 Å². The number of hydrogen-bond acceptors (Lipinski definition) is 24. The van der Waals surface area contributed by atoms with E-state index in [0.717, 1.165) is 0 Å². The largest absolute Gasteiger partial charge is 0.507 e. The van der Waals surface area contributed by atoms with E-state index >= 15 is 0 Å². The van der Waals surface area contributed by atoms with Gasteiger partial charge in [-0.25, -0.2) is 0 Å². The third-order valence-corrected chi connectivity index (χ3v) is 15.6. The van der Waals surface area contributed by atoms with Crippen LogP contribution in [0.15, 0.2) is 36.4 Å². The van der Waals surface area contributed by atoms with Crippen LogP contribution in [0.1, 0.15) is 138 Å². The third kappa shape index (κ3) is 9.00. The first-order valence-corrected chi connectivity index (χ1v) is 24.8. The van der Waals surface area contributed by atoms with Crippen LogP contribution >= 0.6 is 0 Å².